The molecule has 12 aromatic carbocycles. The lowest BCUT2D eigenvalue weighted by atomic mass is 9.67. The summed E-state index contributed by atoms with van der Waals surface area (Å²) < 4.78 is 4.78. The fraction of sp³-hybridized carbons (Fsp3) is 0.0127. The lowest BCUT2D eigenvalue weighted by Gasteiger charge is -2.34. The van der Waals surface area contributed by atoms with Gasteiger partial charge in [-0.1, -0.05) is 231 Å². The summed E-state index contributed by atoms with van der Waals surface area (Å²) in [5, 5.41) is 4.61. The number of para-hydroxylation sites is 4. The molecule has 0 N–H and O–H groups in total. The van der Waals surface area contributed by atoms with Gasteiger partial charge in [0.2, 0.25) is 0 Å². The van der Waals surface area contributed by atoms with Crippen LogP contribution in [0, 0.1) is 0 Å². The van der Waals surface area contributed by atoms with Gasteiger partial charge >= 0.3 is 0 Å². The Morgan fingerprint density at radius 3 is 0.851 bits per heavy atom. The Bertz CT molecular complexity index is 4870. The number of fused-ring (bicyclic) bond motifs is 9. The van der Waals surface area contributed by atoms with Crippen LogP contribution < -0.4 is 0 Å². The lowest BCUT2D eigenvalue weighted by Crippen LogP contribution is -2.29. The molecule has 16 aromatic rings. The standard InChI is InChI=1S/C79H50N8/c1-7-23-51(24-8-1)73-80-74(52-25-9-2-10-26-52)83-77(82-73)55-39-43-61-62-44-40-56(78-84-75(53-27-11-3-12-28-53)81-76(85-78)54-29-13-4-14-30-54)48-68(62)79(67(61)47-55,57-41-45-71-65(49-57)63-35-19-21-37-69(63)86(71)59-31-15-5-16-32-59)58-42-46-72-66(50-58)64-36-20-22-38-70(64)87(72)60-33-17-6-18-34-60/h1-50H. The number of hydrogen-bond donors (Lipinski definition) is 0. The van der Waals surface area contributed by atoms with Gasteiger partial charge in [-0.05, 0) is 106 Å². The van der Waals surface area contributed by atoms with Crippen LogP contribution >= 0.6 is 0 Å². The van der Waals surface area contributed by atoms with E-state index in [0.29, 0.717) is 34.9 Å². The van der Waals surface area contributed by atoms with Crippen molar-refractivity contribution < 1.29 is 0 Å². The molecular formula is C79H50N8. The fourth-order valence-corrected chi connectivity index (χ4v) is 13.4. The normalized spacial score (nSPS) is 12.5. The molecule has 8 heteroatoms. The number of aromatic nitrogens is 8. The van der Waals surface area contributed by atoms with Crippen molar-refractivity contribution in [2.45, 2.75) is 5.41 Å². The molecule has 0 amide bonds. The number of rotatable bonds is 10. The maximum absolute atomic E-state index is 5.35. The van der Waals surface area contributed by atoms with E-state index in [0.717, 1.165) is 122 Å². The Kier molecular flexibility index (Phi) is 11.6. The lowest BCUT2D eigenvalue weighted by molar-refractivity contribution is 0.771. The molecule has 0 fully saturated rings. The molecule has 0 spiro atoms. The van der Waals surface area contributed by atoms with Crippen molar-refractivity contribution in [1.82, 2.24) is 39.0 Å². The molecule has 4 heterocycles. The average molecular weight is 1110 g/mol. The van der Waals surface area contributed by atoms with E-state index in [9.17, 15) is 0 Å². The van der Waals surface area contributed by atoms with E-state index in [2.05, 4.69) is 240 Å². The second kappa shape index (κ2) is 20.3. The van der Waals surface area contributed by atoms with Crippen LogP contribution in [0.1, 0.15) is 22.3 Å². The Morgan fingerprint density at radius 2 is 0.506 bits per heavy atom. The molecule has 4 aromatic heterocycles. The van der Waals surface area contributed by atoms with Crippen LogP contribution in [0.2, 0.25) is 0 Å². The van der Waals surface area contributed by atoms with Gasteiger partial charge in [0.1, 0.15) is 0 Å². The Hall–Kier alpha value is -11.7. The molecule has 1 aliphatic rings. The topological polar surface area (TPSA) is 87.2 Å². The summed E-state index contributed by atoms with van der Waals surface area (Å²) in [6.07, 6.45) is 0. The van der Waals surface area contributed by atoms with Crippen molar-refractivity contribution in [3.8, 4) is 90.8 Å². The highest BCUT2D eigenvalue weighted by atomic mass is 15.0. The van der Waals surface area contributed by atoms with Gasteiger partial charge in [0.15, 0.2) is 34.9 Å². The minimum Gasteiger partial charge on any atom is -0.309 e. The van der Waals surface area contributed by atoms with E-state index in [-0.39, 0.29) is 0 Å². The van der Waals surface area contributed by atoms with Crippen LogP contribution in [0.15, 0.2) is 303 Å². The zero-order valence-electron chi connectivity index (χ0n) is 46.9. The van der Waals surface area contributed by atoms with Crippen molar-refractivity contribution >= 4 is 43.6 Å². The van der Waals surface area contributed by atoms with Crippen molar-refractivity contribution in [3.63, 3.8) is 0 Å². The van der Waals surface area contributed by atoms with Gasteiger partial charge in [-0.15, -0.1) is 0 Å². The second-order valence-electron chi connectivity index (χ2n) is 22.2. The zero-order valence-corrected chi connectivity index (χ0v) is 46.9. The van der Waals surface area contributed by atoms with Crippen LogP contribution in [0.4, 0.5) is 0 Å². The van der Waals surface area contributed by atoms with Gasteiger partial charge in [-0.2, -0.15) is 0 Å². The van der Waals surface area contributed by atoms with E-state index in [1.165, 1.54) is 0 Å². The molecule has 0 radical (unpaired) electrons. The molecule has 0 unspecified atom stereocenters. The maximum atomic E-state index is 5.35. The quantitative estimate of drug-likeness (QED) is 0.136. The summed E-state index contributed by atoms with van der Waals surface area (Å²) in [4.78, 5) is 31.7. The molecule has 17 rings (SSSR count). The zero-order chi connectivity index (χ0) is 57.4. The summed E-state index contributed by atoms with van der Waals surface area (Å²) in [5.74, 6) is 3.55. The molecule has 0 aliphatic heterocycles. The van der Waals surface area contributed by atoms with Crippen molar-refractivity contribution in [3.05, 3.63) is 326 Å². The number of nitrogens with zero attached hydrogens (tertiary/aromatic N) is 8. The van der Waals surface area contributed by atoms with Crippen LogP contribution in [-0.4, -0.2) is 39.0 Å². The van der Waals surface area contributed by atoms with Gasteiger partial charge in [0.25, 0.3) is 0 Å². The first-order chi connectivity index (χ1) is 43.1. The van der Waals surface area contributed by atoms with E-state index in [1.807, 2.05) is 72.8 Å². The summed E-state index contributed by atoms with van der Waals surface area (Å²) in [6, 6.07) is 108. The second-order valence-corrected chi connectivity index (χ2v) is 22.2. The highest BCUT2D eigenvalue weighted by Gasteiger charge is 2.47. The average Bonchev–Trinajstić information content (AvgIpc) is 1.60. The predicted molar refractivity (Wildman–Crippen MR) is 352 cm³/mol. The third kappa shape index (κ3) is 8.14. The SMILES string of the molecule is c1ccc(-c2nc(-c3ccccc3)nc(-c3ccc4c(c3)C(c3ccc5c(c3)c3ccccc3n5-c3ccccc3)(c3ccc5c(c3)c3ccccc3n5-c3ccccc3)c3cc(-c5nc(-c6ccccc6)nc(-c6ccccc6)n5)ccc3-4)n2)cc1. The highest BCUT2D eigenvalue weighted by molar-refractivity contribution is 6.11. The first-order valence-corrected chi connectivity index (χ1v) is 29.3. The molecule has 0 bridgehead atoms. The predicted octanol–water partition coefficient (Wildman–Crippen LogP) is 18.6. The third-order valence-corrected chi connectivity index (χ3v) is 17.3. The van der Waals surface area contributed by atoms with Crippen LogP contribution in [-0.2, 0) is 5.41 Å². The Morgan fingerprint density at radius 1 is 0.218 bits per heavy atom. The van der Waals surface area contributed by atoms with Crippen LogP contribution in [0.25, 0.3) is 134 Å². The van der Waals surface area contributed by atoms with Crippen molar-refractivity contribution in [2.24, 2.45) is 0 Å². The summed E-state index contributed by atoms with van der Waals surface area (Å²) in [5.41, 5.74) is 17.7. The molecule has 0 saturated carbocycles. The molecular weight excluding hydrogens is 1060 g/mol. The van der Waals surface area contributed by atoms with E-state index in [4.69, 9.17) is 29.9 Å². The third-order valence-electron chi connectivity index (χ3n) is 17.3. The summed E-state index contributed by atoms with van der Waals surface area (Å²) >= 11 is 0. The maximum Gasteiger partial charge on any atom is 0.164 e. The highest BCUT2D eigenvalue weighted by Crippen LogP contribution is 2.59. The van der Waals surface area contributed by atoms with Crippen LogP contribution in [0.3, 0.4) is 0 Å². The van der Waals surface area contributed by atoms with Gasteiger partial charge in [0, 0.05) is 66.3 Å². The molecule has 0 atom stereocenters. The molecule has 406 valence electrons. The van der Waals surface area contributed by atoms with Crippen molar-refractivity contribution in [1.29, 1.82) is 0 Å². The van der Waals surface area contributed by atoms with E-state index in [1.54, 1.807) is 0 Å². The fourth-order valence-electron chi connectivity index (χ4n) is 13.4. The molecule has 8 nitrogen and oxygen atoms in total. The van der Waals surface area contributed by atoms with Gasteiger partial charge in [-0.25, -0.2) is 29.9 Å². The van der Waals surface area contributed by atoms with Crippen LogP contribution in [0.5, 0.6) is 0 Å². The largest absolute Gasteiger partial charge is 0.309 e. The van der Waals surface area contributed by atoms with Gasteiger partial charge < -0.3 is 9.13 Å². The minimum atomic E-state index is -0.986. The molecule has 1 aliphatic carbocycles. The Labute approximate surface area is 501 Å². The Balaban J connectivity index is 0.993. The molecule has 0 saturated heterocycles. The first kappa shape index (κ1) is 49.8. The van der Waals surface area contributed by atoms with E-state index >= 15 is 0 Å². The summed E-state index contributed by atoms with van der Waals surface area (Å²) in [7, 11) is 0. The van der Waals surface area contributed by atoms with Gasteiger partial charge in [0.05, 0.1) is 27.5 Å². The monoisotopic (exact) mass is 1110 g/mol. The number of hydrogen-bond acceptors (Lipinski definition) is 6. The first-order valence-electron chi connectivity index (χ1n) is 29.3. The molecule has 87 heavy (non-hydrogen) atoms. The van der Waals surface area contributed by atoms with E-state index < -0.39 is 5.41 Å². The number of benzene rings is 12. The minimum absolute atomic E-state index is 0.575. The smallest absolute Gasteiger partial charge is 0.164 e. The van der Waals surface area contributed by atoms with Crippen molar-refractivity contribution in [2.75, 3.05) is 0 Å². The van der Waals surface area contributed by atoms with Gasteiger partial charge in [-0.3, -0.25) is 0 Å². The summed E-state index contributed by atoms with van der Waals surface area (Å²) in [6.45, 7) is 0.